The molecule has 2 aromatic carbocycles. The quantitative estimate of drug-likeness (QED) is 0.788. The van der Waals surface area contributed by atoms with E-state index in [1.165, 1.54) is 6.07 Å². The number of nitrogens with zero attached hydrogens (tertiary/aromatic N) is 1. The number of rotatable bonds is 4. The third-order valence-corrected chi connectivity index (χ3v) is 3.36. The molecule has 0 fully saturated rings. The Morgan fingerprint density at radius 2 is 1.81 bits per heavy atom. The van der Waals surface area contributed by atoms with Gasteiger partial charge in [0.25, 0.3) is 0 Å². The smallest absolute Gasteiger partial charge is 0.127 e. The van der Waals surface area contributed by atoms with Crippen molar-refractivity contribution in [3.05, 3.63) is 77.6 Å². The average Bonchev–Trinajstić information content (AvgIpc) is 2.50. The van der Waals surface area contributed by atoms with E-state index >= 15 is 0 Å². The van der Waals surface area contributed by atoms with E-state index in [0.717, 1.165) is 28.5 Å². The topological polar surface area (TPSA) is 24.9 Å². The van der Waals surface area contributed by atoms with Crippen molar-refractivity contribution in [3.8, 4) is 0 Å². The zero-order valence-electron chi connectivity index (χ0n) is 11.3. The first kappa shape index (κ1) is 13.6. The SMILES string of the molecule is Fc1ccc(F)c(CNCc2ccc3cnccc3c2)c1. The van der Waals surface area contributed by atoms with Gasteiger partial charge >= 0.3 is 0 Å². The van der Waals surface area contributed by atoms with Gasteiger partial charge < -0.3 is 5.32 Å². The molecule has 0 atom stereocenters. The van der Waals surface area contributed by atoms with Gasteiger partial charge in [0.2, 0.25) is 0 Å². The molecule has 0 saturated carbocycles. The van der Waals surface area contributed by atoms with E-state index in [0.29, 0.717) is 12.1 Å². The summed E-state index contributed by atoms with van der Waals surface area (Å²) in [5.74, 6) is -0.820. The fourth-order valence-corrected chi connectivity index (χ4v) is 2.26. The van der Waals surface area contributed by atoms with Crippen LogP contribution in [-0.2, 0) is 13.1 Å². The van der Waals surface area contributed by atoms with Gasteiger partial charge in [-0.05, 0) is 41.3 Å². The maximum Gasteiger partial charge on any atom is 0.127 e. The summed E-state index contributed by atoms with van der Waals surface area (Å²) in [6.07, 6.45) is 3.57. The molecule has 0 aliphatic carbocycles. The molecular formula is C17H14F2N2. The predicted octanol–water partition coefficient (Wildman–Crippen LogP) is 3.80. The standard InChI is InChI=1S/C17H14F2N2/c18-16-3-4-17(19)15(8-16)11-21-9-12-1-2-14-10-20-6-5-13(14)7-12/h1-8,10,21H,9,11H2. The lowest BCUT2D eigenvalue weighted by Crippen LogP contribution is -2.13. The Hall–Kier alpha value is -2.33. The van der Waals surface area contributed by atoms with E-state index in [2.05, 4.69) is 16.4 Å². The lowest BCUT2D eigenvalue weighted by atomic mass is 10.1. The molecule has 0 amide bonds. The van der Waals surface area contributed by atoms with Crippen LogP contribution in [0.2, 0.25) is 0 Å². The predicted molar refractivity (Wildman–Crippen MR) is 78.6 cm³/mol. The van der Waals surface area contributed by atoms with Crippen molar-refractivity contribution in [2.24, 2.45) is 0 Å². The van der Waals surface area contributed by atoms with E-state index in [-0.39, 0.29) is 6.54 Å². The highest BCUT2D eigenvalue weighted by Gasteiger charge is 2.03. The summed E-state index contributed by atoms with van der Waals surface area (Å²) in [7, 11) is 0. The Morgan fingerprint density at radius 1 is 0.905 bits per heavy atom. The molecule has 0 saturated heterocycles. The fourth-order valence-electron chi connectivity index (χ4n) is 2.26. The third-order valence-electron chi connectivity index (χ3n) is 3.36. The van der Waals surface area contributed by atoms with E-state index in [9.17, 15) is 8.78 Å². The molecule has 3 aromatic rings. The van der Waals surface area contributed by atoms with Gasteiger partial charge in [-0.1, -0.05) is 12.1 Å². The Kier molecular flexibility index (Phi) is 3.88. The van der Waals surface area contributed by atoms with Crippen LogP contribution in [0.5, 0.6) is 0 Å². The lowest BCUT2D eigenvalue weighted by Gasteiger charge is -2.07. The van der Waals surface area contributed by atoms with Crippen molar-refractivity contribution >= 4 is 10.8 Å². The monoisotopic (exact) mass is 284 g/mol. The summed E-state index contributed by atoms with van der Waals surface area (Å²) in [6.45, 7) is 0.881. The summed E-state index contributed by atoms with van der Waals surface area (Å²) in [6, 6.07) is 11.5. The molecule has 1 heterocycles. The molecule has 0 aliphatic rings. The number of benzene rings is 2. The second-order valence-corrected chi connectivity index (χ2v) is 4.90. The van der Waals surface area contributed by atoms with Crippen molar-refractivity contribution < 1.29 is 8.78 Å². The summed E-state index contributed by atoms with van der Waals surface area (Å²) >= 11 is 0. The first-order valence-electron chi connectivity index (χ1n) is 6.70. The first-order valence-corrected chi connectivity index (χ1v) is 6.70. The van der Waals surface area contributed by atoms with Crippen LogP contribution in [0.4, 0.5) is 8.78 Å². The zero-order chi connectivity index (χ0) is 14.7. The Morgan fingerprint density at radius 3 is 2.71 bits per heavy atom. The number of pyridine rings is 1. The van der Waals surface area contributed by atoms with Gasteiger partial charge in [-0.15, -0.1) is 0 Å². The molecule has 0 radical (unpaired) electrons. The molecule has 1 aromatic heterocycles. The number of aromatic nitrogens is 1. The zero-order valence-corrected chi connectivity index (χ0v) is 11.3. The van der Waals surface area contributed by atoms with Crippen LogP contribution in [0.3, 0.4) is 0 Å². The third kappa shape index (κ3) is 3.23. The van der Waals surface area contributed by atoms with Gasteiger partial charge in [0.1, 0.15) is 11.6 Å². The molecule has 0 unspecified atom stereocenters. The largest absolute Gasteiger partial charge is 0.309 e. The Labute approximate surface area is 121 Å². The highest BCUT2D eigenvalue weighted by molar-refractivity contribution is 5.81. The van der Waals surface area contributed by atoms with Gasteiger partial charge in [0, 0.05) is 36.4 Å². The van der Waals surface area contributed by atoms with Gasteiger partial charge in [-0.2, -0.15) is 0 Å². The lowest BCUT2D eigenvalue weighted by molar-refractivity contribution is 0.568. The van der Waals surface area contributed by atoms with Crippen LogP contribution in [0.25, 0.3) is 10.8 Å². The van der Waals surface area contributed by atoms with E-state index < -0.39 is 11.6 Å². The molecule has 2 nitrogen and oxygen atoms in total. The van der Waals surface area contributed by atoms with Crippen molar-refractivity contribution in [3.63, 3.8) is 0 Å². The molecule has 0 bridgehead atoms. The Balaban J connectivity index is 1.67. The van der Waals surface area contributed by atoms with E-state index in [1.54, 1.807) is 6.20 Å². The minimum Gasteiger partial charge on any atom is -0.309 e. The van der Waals surface area contributed by atoms with Crippen LogP contribution >= 0.6 is 0 Å². The molecule has 21 heavy (non-hydrogen) atoms. The average molecular weight is 284 g/mol. The second kappa shape index (κ2) is 5.97. The van der Waals surface area contributed by atoms with Crippen LogP contribution in [0.15, 0.2) is 54.9 Å². The van der Waals surface area contributed by atoms with Crippen molar-refractivity contribution in [1.29, 1.82) is 0 Å². The van der Waals surface area contributed by atoms with Gasteiger partial charge in [0.05, 0.1) is 0 Å². The molecule has 0 spiro atoms. The number of fused-ring (bicyclic) bond motifs is 1. The molecule has 106 valence electrons. The first-order chi connectivity index (χ1) is 10.2. The highest BCUT2D eigenvalue weighted by atomic mass is 19.1. The summed E-state index contributed by atoms with van der Waals surface area (Å²) < 4.78 is 26.6. The minimum atomic E-state index is -0.425. The fraction of sp³-hybridized carbons (Fsp3) is 0.118. The van der Waals surface area contributed by atoms with Crippen LogP contribution in [-0.4, -0.2) is 4.98 Å². The Bertz CT molecular complexity index is 772. The maximum absolute atomic E-state index is 13.5. The van der Waals surface area contributed by atoms with Crippen LogP contribution in [0.1, 0.15) is 11.1 Å². The number of nitrogens with one attached hydrogen (secondary N) is 1. The molecule has 3 rings (SSSR count). The van der Waals surface area contributed by atoms with E-state index in [4.69, 9.17) is 0 Å². The van der Waals surface area contributed by atoms with Gasteiger partial charge in [-0.25, -0.2) is 8.78 Å². The van der Waals surface area contributed by atoms with Gasteiger partial charge in [-0.3, -0.25) is 4.98 Å². The number of halogens is 2. The molecule has 1 N–H and O–H groups in total. The van der Waals surface area contributed by atoms with Crippen LogP contribution in [0, 0.1) is 11.6 Å². The molecule has 0 aliphatic heterocycles. The summed E-state index contributed by atoms with van der Waals surface area (Å²) in [4.78, 5) is 4.07. The van der Waals surface area contributed by atoms with Crippen molar-refractivity contribution in [2.75, 3.05) is 0 Å². The molecule has 4 heteroatoms. The van der Waals surface area contributed by atoms with Crippen LogP contribution < -0.4 is 5.32 Å². The van der Waals surface area contributed by atoms with Crippen molar-refractivity contribution in [1.82, 2.24) is 10.3 Å². The van der Waals surface area contributed by atoms with Crippen molar-refractivity contribution in [2.45, 2.75) is 13.1 Å². The normalized spacial score (nSPS) is 11.0. The van der Waals surface area contributed by atoms with Gasteiger partial charge in [0.15, 0.2) is 0 Å². The minimum absolute atomic E-state index is 0.290. The van der Waals surface area contributed by atoms with E-state index in [1.807, 2.05) is 24.4 Å². The highest BCUT2D eigenvalue weighted by Crippen LogP contribution is 2.15. The molecular weight excluding hydrogens is 270 g/mol. The summed E-state index contributed by atoms with van der Waals surface area (Å²) in [5.41, 5.74) is 1.42. The second-order valence-electron chi connectivity index (χ2n) is 4.90. The number of hydrogen-bond donors (Lipinski definition) is 1. The maximum atomic E-state index is 13.5. The number of hydrogen-bond acceptors (Lipinski definition) is 2. The summed E-state index contributed by atoms with van der Waals surface area (Å²) in [5, 5.41) is 5.32.